The van der Waals surface area contributed by atoms with Crippen LogP contribution in [0.25, 0.3) is 16.8 Å². The van der Waals surface area contributed by atoms with Crippen LogP contribution >= 0.6 is 11.6 Å². The van der Waals surface area contributed by atoms with Gasteiger partial charge in [-0.25, -0.2) is 0 Å². The Morgan fingerprint density at radius 1 is 1.16 bits per heavy atom. The van der Waals surface area contributed by atoms with E-state index in [1.165, 1.54) is 5.57 Å². The van der Waals surface area contributed by atoms with E-state index in [0.29, 0.717) is 36.1 Å². The third kappa shape index (κ3) is 3.90. The van der Waals surface area contributed by atoms with Crippen LogP contribution in [0.4, 0.5) is 6.01 Å². The average molecular weight is 453 g/mol. The van der Waals surface area contributed by atoms with Crippen LogP contribution in [-0.4, -0.2) is 56.5 Å². The molecule has 0 bridgehead atoms. The number of aromatic nitrogens is 4. The van der Waals surface area contributed by atoms with Crippen LogP contribution in [0.5, 0.6) is 0 Å². The Morgan fingerprint density at radius 2 is 1.97 bits per heavy atom. The highest BCUT2D eigenvalue weighted by Crippen LogP contribution is 2.31. The number of carbonyl (C=O) groups excluding carboxylic acids is 1. The molecule has 2 aromatic heterocycles. The zero-order valence-electron chi connectivity index (χ0n) is 18.1. The number of rotatable bonds is 3. The largest absolute Gasteiger partial charge is 0.423 e. The summed E-state index contributed by atoms with van der Waals surface area (Å²) in [4.78, 5) is 24.0. The number of halogens is 1. The minimum atomic E-state index is -0.298. The molecule has 2 atom stereocenters. The van der Waals surface area contributed by atoms with Crippen molar-refractivity contribution in [1.29, 1.82) is 0 Å². The monoisotopic (exact) mass is 452 g/mol. The minimum absolute atomic E-state index is 0.101. The number of oxazole rings is 1. The molecule has 0 radical (unpaired) electrons. The lowest BCUT2D eigenvalue weighted by molar-refractivity contribution is -0.135. The van der Waals surface area contributed by atoms with Gasteiger partial charge >= 0.3 is 0 Å². The highest BCUT2D eigenvalue weighted by molar-refractivity contribution is 6.31. The molecule has 1 aromatic carbocycles. The van der Waals surface area contributed by atoms with E-state index in [0.717, 1.165) is 24.2 Å². The predicted molar refractivity (Wildman–Crippen MR) is 123 cm³/mol. The molecule has 3 heterocycles. The summed E-state index contributed by atoms with van der Waals surface area (Å²) in [5, 5.41) is 9.15. The number of carbonyl (C=O) groups is 1. The SMILES string of the molecule is CC1=CC=C(n2nccn2)C(C(=O)N2CCN(c3nc4cc(Cl)ccc4o3)CC[C@H]2C)C1. The minimum Gasteiger partial charge on any atom is -0.423 e. The molecule has 1 unspecified atom stereocenters. The van der Waals surface area contributed by atoms with Gasteiger partial charge in [0.25, 0.3) is 6.01 Å². The fourth-order valence-corrected chi connectivity index (χ4v) is 4.58. The second-order valence-corrected chi connectivity index (χ2v) is 8.88. The fraction of sp³-hybridized carbons (Fsp3) is 0.391. The van der Waals surface area contributed by atoms with Crippen molar-refractivity contribution in [3.8, 4) is 0 Å². The molecule has 1 fully saturated rings. The summed E-state index contributed by atoms with van der Waals surface area (Å²) in [5.41, 5.74) is 3.44. The third-order valence-corrected chi connectivity index (χ3v) is 6.46. The van der Waals surface area contributed by atoms with Gasteiger partial charge in [-0.3, -0.25) is 4.79 Å². The summed E-state index contributed by atoms with van der Waals surface area (Å²) in [7, 11) is 0. The standard InChI is InChI=1S/C23H25ClN6O2/c1-15-3-5-20(30-25-8-9-26-30)18(13-15)22(31)29-12-11-28(10-7-16(29)2)23-27-19-14-17(24)4-6-21(19)32-23/h3-6,8-9,14,16,18H,7,10-13H2,1-2H3/t16-,18?/m1/s1. The van der Waals surface area contributed by atoms with E-state index in [2.05, 4.69) is 33.9 Å². The van der Waals surface area contributed by atoms with Crippen LogP contribution in [0.15, 0.2) is 52.7 Å². The molecule has 1 aliphatic heterocycles. The van der Waals surface area contributed by atoms with Crippen molar-refractivity contribution >= 4 is 40.3 Å². The predicted octanol–water partition coefficient (Wildman–Crippen LogP) is 4.01. The van der Waals surface area contributed by atoms with Gasteiger partial charge < -0.3 is 14.2 Å². The van der Waals surface area contributed by atoms with Crippen molar-refractivity contribution in [3.63, 3.8) is 0 Å². The highest BCUT2D eigenvalue weighted by Gasteiger charge is 2.35. The molecule has 9 heteroatoms. The second-order valence-electron chi connectivity index (χ2n) is 8.44. The summed E-state index contributed by atoms with van der Waals surface area (Å²) in [6, 6.07) is 6.10. The third-order valence-electron chi connectivity index (χ3n) is 6.22. The molecule has 1 aliphatic carbocycles. The van der Waals surface area contributed by atoms with Gasteiger partial charge in [0.1, 0.15) is 5.52 Å². The molecule has 1 saturated heterocycles. The van der Waals surface area contributed by atoms with Gasteiger partial charge in [0.05, 0.1) is 24.0 Å². The number of amides is 1. The Labute approximate surface area is 191 Å². The topological polar surface area (TPSA) is 80.3 Å². The smallest absolute Gasteiger partial charge is 0.298 e. The molecule has 0 N–H and O–H groups in total. The summed E-state index contributed by atoms with van der Waals surface area (Å²) >= 11 is 6.09. The van der Waals surface area contributed by atoms with Gasteiger partial charge in [-0.05, 0) is 51.0 Å². The van der Waals surface area contributed by atoms with E-state index in [9.17, 15) is 4.79 Å². The van der Waals surface area contributed by atoms with Gasteiger partial charge in [0, 0.05) is 30.7 Å². The van der Waals surface area contributed by atoms with E-state index in [1.807, 2.05) is 23.1 Å². The Bertz CT molecular complexity index is 1200. The van der Waals surface area contributed by atoms with Crippen molar-refractivity contribution in [1.82, 2.24) is 24.9 Å². The molecule has 0 saturated carbocycles. The van der Waals surface area contributed by atoms with Crippen molar-refractivity contribution in [2.45, 2.75) is 32.7 Å². The zero-order valence-corrected chi connectivity index (χ0v) is 18.9. The van der Waals surface area contributed by atoms with Gasteiger partial charge in [-0.2, -0.15) is 20.0 Å². The van der Waals surface area contributed by atoms with Gasteiger partial charge in [0.15, 0.2) is 5.58 Å². The quantitative estimate of drug-likeness (QED) is 0.597. The van der Waals surface area contributed by atoms with E-state index < -0.39 is 0 Å². The van der Waals surface area contributed by atoms with Crippen LogP contribution in [0.3, 0.4) is 0 Å². The summed E-state index contributed by atoms with van der Waals surface area (Å²) in [6.07, 6.45) is 8.76. The number of hydrogen-bond donors (Lipinski definition) is 0. The van der Waals surface area contributed by atoms with Crippen LogP contribution < -0.4 is 4.90 Å². The Balaban J connectivity index is 1.36. The summed E-state index contributed by atoms with van der Waals surface area (Å²) in [6.45, 7) is 6.17. The first kappa shape index (κ1) is 20.8. The first-order valence-corrected chi connectivity index (χ1v) is 11.2. The van der Waals surface area contributed by atoms with Crippen LogP contribution in [-0.2, 0) is 4.79 Å². The number of nitrogens with zero attached hydrogens (tertiary/aromatic N) is 6. The molecule has 5 rings (SSSR count). The van der Waals surface area contributed by atoms with Crippen molar-refractivity contribution in [2.75, 3.05) is 24.5 Å². The Hall–Kier alpha value is -3.13. The first-order chi connectivity index (χ1) is 15.5. The molecule has 2 aliphatic rings. The highest BCUT2D eigenvalue weighted by atomic mass is 35.5. The number of hydrogen-bond acceptors (Lipinski definition) is 6. The average Bonchev–Trinajstić information content (AvgIpc) is 3.41. The lowest BCUT2D eigenvalue weighted by atomic mass is 9.90. The van der Waals surface area contributed by atoms with E-state index in [4.69, 9.17) is 16.0 Å². The molecule has 1 amide bonds. The van der Waals surface area contributed by atoms with E-state index in [-0.39, 0.29) is 17.9 Å². The van der Waals surface area contributed by atoms with Crippen LogP contribution in [0, 0.1) is 5.92 Å². The maximum atomic E-state index is 13.7. The fourth-order valence-electron chi connectivity index (χ4n) is 4.41. The van der Waals surface area contributed by atoms with Gasteiger partial charge in [0.2, 0.25) is 5.91 Å². The van der Waals surface area contributed by atoms with Crippen LogP contribution in [0.2, 0.25) is 5.02 Å². The van der Waals surface area contributed by atoms with Crippen molar-refractivity contribution in [2.24, 2.45) is 5.92 Å². The molecular formula is C23H25ClN6O2. The Morgan fingerprint density at radius 3 is 2.78 bits per heavy atom. The molecule has 3 aromatic rings. The van der Waals surface area contributed by atoms with Crippen molar-refractivity contribution in [3.05, 3.63) is 53.3 Å². The molecule has 0 spiro atoms. The molecular weight excluding hydrogens is 428 g/mol. The molecule has 166 valence electrons. The number of fused-ring (bicyclic) bond motifs is 1. The number of anilines is 1. The zero-order chi connectivity index (χ0) is 22.2. The van der Waals surface area contributed by atoms with Crippen molar-refractivity contribution < 1.29 is 9.21 Å². The van der Waals surface area contributed by atoms with Gasteiger partial charge in [-0.15, -0.1) is 0 Å². The molecule has 32 heavy (non-hydrogen) atoms. The number of allylic oxidation sites excluding steroid dienone is 3. The Kier molecular flexibility index (Phi) is 5.46. The second kappa shape index (κ2) is 8.43. The van der Waals surface area contributed by atoms with Gasteiger partial charge in [-0.1, -0.05) is 23.3 Å². The lowest BCUT2D eigenvalue weighted by Crippen LogP contribution is -2.44. The normalized spacial score (nSPS) is 22.0. The molecule has 8 nitrogen and oxygen atoms in total. The summed E-state index contributed by atoms with van der Waals surface area (Å²) in [5.74, 6) is -0.187. The van der Waals surface area contributed by atoms with E-state index >= 15 is 0 Å². The first-order valence-electron chi connectivity index (χ1n) is 10.8. The maximum absolute atomic E-state index is 13.7. The van der Waals surface area contributed by atoms with E-state index in [1.54, 1.807) is 29.3 Å². The lowest BCUT2D eigenvalue weighted by Gasteiger charge is -2.32. The van der Waals surface area contributed by atoms with Crippen LogP contribution in [0.1, 0.15) is 26.7 Å². The number of benzene rings is 1. The maximum Gasteiger partial charge on any atom is 0.298 e. The summed E-state index contributed by atoms with van der Waals surface area (Å²) < 4.78 is 5.96.